The Hall–Kier alpha value is -3.22. The van der Waals surface area contributed by atoms with Crippen molar-refractivity contribution >= 4 is 23.2 Å². The van der Waals surface area contributed by atoms with Gasteiger partial charge in [-0.3, -0.25) is 19.7 Å². The van der Waals surface area contributed by atoms with Gasteiger partial charge < -0.3 is 10.6 Å². The number of nitrogens with one attached hydrogen (secondary N) is 2. The van der Waals surface area contributed by atoms with Gasteiger partial charge in [-0.25, -0.2) is 0 Å². The Kier molecular flexibility index (Phi) is 6.43. The van der Waals surface area contributed by atoms with Crippen molar-refractivity contribution in [1.29, 1.82) is 0 Å². The highest BCUT2D eigenvalue weighted by Crippen LogP contribution is 2.18. The lowest BCUT2D eigenvalue weighted by atomic mass is 10.0. The maximum absolute atomic E-state index is 12.6. The third-order valence-electron chi connectivity index (χ3n) is 3.72. The molecule has 7 nitrogen and oxygen atoms in total. The molecule has 2 amide bonds. The van der Waals surface area contributed by atoms with Crippen LogP contribution in [0.4, 0.5) is 11.4 Å². The van der Waals surface area contributed by atoms with E-state index in [2.05, 4.69) is 10.6 Å². The topological polar surface area (TPSA) is 101 Å². The van der Waals surface area contributed by atoms with E-state index in [1.54, 1.807) is 30.3 Å². The molecule has 0 aliphatic heterocycles. The van der Waals surface area contributed by atoms with Crippen LogP contribution in [0.5, 0.6) is 0 Å². The molecule has 0 saturated heterocycles. The lowest BCUT2D eigenvalue weighted by Crippen LogP contribution is -2.44. The number of hydrogen-bond donors (Lipinski definition) is 2. The van der Waals surface area contributed by atoms with Gasteiger partial charge in [0.05, 0.1) is 4.92 Å². The predicted octanol–water partition coefficient (Wildman–Crippen LogP) is 3.38. The van der Waals surface area contributed by atoms with E-state index in [1.807, 2.05) is 19.9 Å². The molecule has 0 aliphatic carbocycles. The van der Waals surface area contributed by atoms with Crippen LogP contribution in [0.3, 0.4) is 0 Å². The summed E-state index contributed by atoms with van der Waals surface area (Å²) in [5.41, 5.74) is 0.252. The van der Waals surface area contributed by atoms with Gasteiger partial charge in [-0.15, -0.1) is 0 Å². The van der Waals surface area contributed by atoms with E-state index in [4.69, 9.17) is 0 Å². The summed E-state index contributed by atoms with van der Waals surface area (Å²) in [6.45, 7) is 3.86. The van der Waals surface area contributed by atoms with E-state index in [-0.39, 0.29) is 23.1 Å². The monoisotopic (exact) mass is 355 g/mol. The molecule has 0 aliphatic rings. The van der Waals surface area contributed by atoms with Crippen molar-refractivity contribution in [2.24, 2.45) is 5.92 Å². The van der Waals surface area contributed by atoms with Crippen LogP contribution in [0.2, 0.25) is 0 Å². The minimum Gasteiger partial charge on any atom is -0.340 e. The smallest absolute Gasteiger partial charge is 0.282 e. The Morgan fingerprint density at radius 3 is 2.27 bits per heavy atom. The van der Waals surface area contributed by atoms with Crippen molar-refractivity contribution in [3.05, 3.63) is 70.3 Å². The molecule has 0 aromatic heterocycles. The molecule has 2 N–H and O–H groups in total. The first kappa shape index (κ1) is 19.1. The molecule has 0 heterocycles. The average Bonchev–Trinajstić information content (AvgIpc) is 2.61. The number of carbonyl (C=O) groups is 2. The molecule has 0 radical (unpaired) electrons. The minimum atomic E-state index is -0.803. The molecule has 7 heteroatoms. The van der Waals surface area contributed by atoms with Gasteiger partial charge in [0.25, 0.3) is 11.6 Å². The lowest BCUT2D eigenvalue weighted by molar-refractivity contribution is -0.385. The van der Waals surface area contributed by atoms with Gasteiger partial charge in [0.1, 0.15) is 11.6 Å². The number of benzene rings is 2. The summed E-state index contributed by atoms with van der Waals surface area (Å²) in [6.07, 6.45) is 0.408. The third kappa shape index (κ3) is 5.14. The first-order valence-corrected chi connectivity index (χ1v) is 8.28. The van der Waals surface area contributed by atoms with Crippen molar-refractivity contribution in [2.75, 3.05) is 5.32 Å². The predicted molar refractivity (Wildman–Crippen MR) is 98.9 cm³/mol. The number of anilines is 1. The zero-order valence-corrected chi connectivity index (χ0v) is 14.6. The standard InChI is InChI=1S/C19H21N3O4/c1-13(2)12-16(19(24)20-14-8-4-3-5-9-14)21-18(23)15-10-6-7-11-17(15)22(25)26/h3-11,13,16H,12H2,1-2H3,(H,20,24)(H,21,23). The average molecular weight is 355 g/mol. The van der Waals surface area contributed by atoms with E-state index >= 15 is 0 Å². The Bertz CT molecular complexity index is 790. The normalized spacial score (nSPS) is 11.7. The summed E-state index contributed by atoms with van der Waals surface area (Å²) < 4.78 is 0. The molecular formula is C19H21N3O4. The molecule has 26 heavy (non-hydrogen) atoms. The van der Waals surface area contributed by atoms with Gasteiger partial charge >= 0.3 is 0 Å². The number of rotatable bonds is 7. The second-order valence-electron chi connectivity index (χ2n) is 6.29. The summed E-state index contributed by atoms with van der Waals surface area (Å²) in [5.74, 6) is -0.865. The van der Waals surface area contributed by atoms with Crippen molar-refractivity contribution in [3.8, 4) is 0 Å². The number of para-hydroxylation sites is 2. The molecule has 0 saturated carbocycles. The maximum Gasteiger partial charge on any atom is 0.282 e. The Labute approximate surface area is 151 Å². The summed E-state index contributed by atoms with van der Waals surface area (Å²) in [5, 5.41) is 16.5. The van der Waals surface area contributed by atoms with E-state index in [0.29, 0.717) is 12.1 Å². The van der Waals surface area contributed by atoms with Gasteiger partial charge in [-0.1, -0.05) is 44.2 Å². The van der Waals surface area contributed by atoms with Crippen LogP contribution >= 0.6 is 0 Å². The number of hydrogen-bond acceptors (Lipinski definition) is 4. The van der Waals surface area contributed by atoms with Crippen molar-refractivity contribution in [1.82, 2.24) is 5.32 Å². The van der Waals surface area contributed by atoms with Crippen LogP contribution in [0, 0.1) is 16.0 Å². The molecule has 136 valence electrons. The summed E-state index contributed by atoms with van der Waals surface area (Å²) in [4.78, 5) is 35.6. The minimum absolute atomic E-state index is 0.0706. The molecule has 2 aromatic carbocycles. The van der Waals surface area contributed by atoms with Crippen LogP contribution in [0.15, 0.2) is 54.6 Å². The first-order valence-electron chi connectivity index (χ1n) is 8.28. The van der Waals surface area contributed by atoms with Crippen molar-refractivity contribution in [3.63, 3.8) is 0 Å². The number of carbonyl (C=O) groups excluding carboxylic acids is 2. The number of amides is 2. The fourth-order valence-electron chi connectivity index (χ4n) is 2.51. The third-order valence-corrected chi connectivity index (χ3v) is 3.72. The largest absolute Gasteiger partial charge is 0.340 e. The van der Waals surface area contributed by atoms with E-state index in [0.717, 1.165) is 0 Å². The zero-order valence-electron chi connectivity index (χ0n) is 14.6. The summed E-state index contributed by atoms with van der Waals surface area (Å²) >= 11 is 0. The Morgan fingerprint density at radius 2 is 1.65 bits per heavy atom. The van der Waals surface area contributed by atoms with Crippen molar-refractivity contribution < 1.29 is 14.5 Å². The van der Waals surface area contributed by atoms with Crippen LogP contribution in [0.25, 0.3) is 0 Å². The lowest BCUT2D eigenvalue weighted by Gasteiger charge is -2.20. The van der Waals surface area contributed by atoms with Crippen molar-refractivity contribution in [2.45, 2.75) is 26.3 Å². The SMILES string of the molecule is CC(C)CC(NC(=O)c1ccccc1[N+](=O)[O-])C(=O)Nc1ccccc1. The fourth-order valence-corrected chi connectivity index (χ4v) is 2.51. The molecule has 1 atom stereocenters. The molecule has 0 bridgehead atoms. The first-order chi connectivity index (χ1) is 12.4. The number of nitro groups is 1. The van der Waals surface area contributed by atoms with Crippen LogP contribution in [-0.2, 0) is 4.79 Å². The quantitative estimate of drug-likeness (QED) is 0.587. The molecule has 0 fully saturated rings. The van der Waals surface area contributed by atoms with Gasteiger partial charge in [0, 0.05) is 11.8 Å². The molecular weight excluding hydrogens is 334 g/mol. The number of nitro benzene ring substituents is 1. The summed E-state index contributed by atoms with van der Waals surface area (Å²) in [6, 6.07) is 13.8. The molecule has 2 aromatic rings. The van der Waals surface area contributed by atoms with Gasteiger partial charge in [0.2, 0.25) is 5.91 Å². The zero-order chi connectivity index (χ0) is 19.1. The molecule has 0 spiro atoms. The highest BCUT2D eigenvalue weighted by Gasteiger charge is 2.26. The summed E-state index contributed by atoms with van der Waals surface area (Å²) in [7, 11) is 0. The van der Waals surface area contributed by atoms with Gasteiger partial charge in [-0.2, -0.15) is 0 Å². The van der Waals surface area contributed by atoms with E-state index in [9.17, 15) is 19.7 Å². The molecule has 2 rings (SSSR count). The molecule has 1 unspecified atom stereocenters. The highest BCUT2D eigenvalue weighted by molar-refractivity contribution is 6.03. The van der Waals surface area contributed by atoms with Crippen LogP contribution < -0.4 is 10.6 Å². The van der Waals surface area contributed by atoms with Crippen LogP contribution in [-0.4, -0.2) is 22.8 Å². The van der Waals surface area contributed by atoms with Gasteiger partial charge in [-0.05, 0) is 30.5 Å². The van der Waals surface area contributed by atoms with E-state index in [1.165, 1.54) is 18.2 Å². The number of nitrogens with zero attached hydrogens (tertiary/aromatic N) is 1. The maximum atomic E-state index is 12.6. The second-order valence-corrected chi connectivity index (χ2v) is 6.29. The second kappa shape index (κ2) is 8.75. The Balaban J connectivity index is 2.18. The van der Waals surface area contributed by atoms with Crippen LogP contribution in [0.1, 0.15) is 30.6 Å². The van der Waals surface area contributed by atoms with Gasteiger partial charge in [0.15, 0.2) is 0 Å². The highest BCUT2D eigenvalue weighted by atomic mass is 16.6. The fraction of sp³-hybridized carbons (Fsp3) is 0.263. The Morgan fingerprint density at radius 1 is 1.04 bits per heavy atom. The van der Waals surface area contributed by atoms with E-state index < -0.39 is 16.9 Å².